The van der Waals surface area contributed by atoms with Crippen LogP contribution in [0.15, 0.2) is 24.3 Å². The summed E-state index contributed by atoms with van der Waals surface area (Å²) in [4.78, 5) is 62.4. The third-order valence-corrected chi connectivity index (χ3v) is 13.5. The minimum atomic E-state index is -5.41. The van der Waals surface area contributed by atoms with Gasteiger partial charge in [0.15, 0.2) is 25.2 Å². The SMILES string of the molecule is CCCCCC/C=C\CCCCC/C=C/C(=O)NC1[C@H](O[C@@H]2C(CO)O[C@H](O[C@H]3C(CO)O[C@@H](O[C@@H]4C(COS(=O)(=O)[O-])OC(O)C(NC(C)=O)C4O)C(NC(C)=O)[C@H]3O)C(NC(C)=O)C2O)OC(COC(C)=O)[C@H](O)[C@@H]1O. The molecule has 448 valence electrons. The maximum Gasteiger partial charge on any atom is 0.302 e. The molecule has 12 N–H and O–H groups in total. The molecule has 4 saturated heterocycles. The summed E-state index contributed by atoms with van der Waals surface area (Å²) >= 11 is 0. The van der Waals surface area contributed by atoms with Crippen LogP contribution < -0.4 is 21.3 Å². The number of carbonyl (C=O) groups is 5. The smallest absolute Gasteiger partial charge is 0.302 e. The molecule has 0 bridgehead atoms. The Morgan fingerprint density at radius 3 is 1.40 bits per heavy atom. The van der Waals surface area contributed by atoms with Crippen molar-refractivity contribution in [2.24, 2.45) is 0 Å². The molecular weight excluding hydrogens is 1060 g/mol. The van der Waals surface area contributed by atoms with Crippen molar-refractivity contribution < 1.29 is 120 Å². The van der Waals surface area contributed by atoms with Crippen molar-refractivity contribution in [3.8, 4) is 0 Å². The van der Waals surface area contributed by atoms with Gasteiger partial charge in [0.25, 0.3) is 0 Å². The summed E-state index contributed by atoms with van der Waals surface area (Å²) in [6.45, 7) is 2.51. The van der Waals surface area contributed by atoms with Crippen molar-refractivity contribution in [2.75, 3.05) is 26.4 Å². The highest BCUT2D eigenvalue weighted by molar-refractivity contribution is 7.80. The fraction of sp³-hybridized carbons (Fsp3) is 0.812. The lowest BCUT2D eigenvalue weighted by molar-refractivity contribution is -0.361. The van der Waals surface area contributed by atoms with E-state index in [0.717, 1.165) is 59.8 Å². The van der Waals surface area contributed by atoms with Crippen molar-refractivity contribution in [1.82, 2.24) is 21.3 Å². The number of hydrogen-bond donors (Lipinski definition) is 12. The van der Waals surface area contributed by atoms with E-state index in [4.69, 9.17) is 37.9 Å². The van der Waals surface area contributed by atoms with Crippen LogP contribution in [0.2, 0.25) is 0 Å². The summed E-state index contributed by atoms with van der Waals surface area (Å²) in [6.07, 6.45) is -12.4. The number of aliphatic hydroxyl groups excluding tert-OH is 8. The number of aliphatic hydroxyl groups is 8. The molecular formula is C48H79N4O25S-. The van der Waals surface area contributed by atoms with Crippen LogP contribution in [0, 0.1) is 0 Å². The fourth-order valence-electron chi connectivity index (χ4n) is 9.29. The highest BCUT2D eigenvalue weighted by Crippen LogP contribution is 2.35. The summed E-state index contributed by atoms with van der Waals surface area (Å²) in [6, 6.07) is -6.77. The largest absolute Gasteiger partial charge is 0.726 e. The first kappa shape index (κ1) is 66.6. The van der Waals surface area contributed by atoms with Gasteiger partial charge in [-0.25, -0.2) is 8.42 Å². The van der Waals surface area contributed by atoms with Gasteiger partial charge in [0.1, 0.15) is 104 Å². The quantitative estimate of drug-likeness (QED) is 0.00846. The normalized spacial score (nSPS) is 35.5. The van der Waals surface area contributed by atoms with E-state index in [1.807, 2.05) is 0 Å². The maximum atomic E-state index is 13.3. The Bertz CT molecular complexity index is 2070. The number of allylic oxidation sites excluding steroid dienone is 3. The highest BCUT2D eigenvalue weighted by Gasteiger charge is 2.56. The number of nitrogens with one attached hydrogen (secondary N) is 4. The maximum absolute atomic E-state index is 13.3. The van der Waals surface area contributed by atoms with Gasteiger partial charge in [0.2, 0.25) is 34.0 Å². The van der Waals surface area contributed by atoms with E-state index >= 15 is 0 Å². The van der Waals surface area contributed by atoms with Crippen LogP contribution in [0.5, 0.6) is 0 Å². The molecule has 0 aromatic heterocycles. The number of unbranched alkanes of at least 4 members (excludes halogenated alkanes) is 8. The predicted molar refractivity (Wildman–Crippen MR) is 263 cm³/mol. The van der Waals surface area contributed by atoms with Crippen molar-refractivity contribution in [3.05, 3.63) is 24.3 Å². The Labute approximate surface area is 452 Å². The summed E-state index contributed by atoms with van der Waals surface area (Å²) in [7, 11) is -5.41. The molecule has 30 heteroatoms. The Morgan fingerprint density at radius 2 is 0.949 bits per heavy atom. The molecule has 0 aromatic rings. The van der Waals surface area contributed by atoms with E-state index in [0.29, 0.717) is 6.42 Å². The predicted octanol–water partition coefficient (Wildman–Crippen LogP) is -4.10. The zero-order valence-corrected chi connectivity index (χ0v) is 45.0. The first-order valence-corrected chi connectivity index (χ1v) is 27.3. The van der Waals surface area contributed by atoms with E-state index < -0.39 is 189 Å². The lowest BCUT2D eigenvalue weighted by atomic mass is 9.93. The second-order valence-electron chi connectivity index (χ2n) is 19.4. The Morgan fingerprint density at radius 1 is 0.526 bits per heavy atom. The molecule has 78 heavy (non-hydrogen) atoms. The summed E-state index contributed by atoms with van der Waals surface area (Å²) < 4.78 is 84.9. The van der Waals surface area contributed by atoms with Gasteiger partial charge >= 0.3 is 5.97 Å². The van der Waals surface area contributed by atoms with Crippen LogP contribution in [0.4, 0.5) is 0 Å². The minimum absolute atomic E-state index is 0.539. The van der Waals surface area contributed by atoms with Crippen LogP contribution in [0.1, 0.15) is 98.8 Å². The Hall–Kier alpha value is -3.90. The number of esters is 1. The molecule has 0 radical (unpaired) electrons. The lowest BCUT2D eigenvalue weighted by Gasteiger charge is -2.51. The molecule has 0 saturated carbocycles. The van der Waals surface area contributed by atoms with Gasteiger partial charge in [0.05, 0.1) is 19.8 Å². The van der Waals surface area contributed by atoms with E-state index in [9.17, 15) is 77.8 Å². The lowest BCUT2D eigenvalue weighted by Crippen LogP contribution is -2.71. The average Bonchev–Trinajstić information content (AvgIpc) is 3.43. The van der Waals surface area contributed by atoms with Gasteiger partial charge in [-0.05, 0) is 44.6 Å². The molecule has 0 aromatic carbocycles. The standard InChI is InChI=1S/C48H80N4O25S/c1-6-7-8-9-10-11-12-13-14-15-16-17-18-19-32(59)52-34-38(61)37(60)30(22-69-27(5)58)74-46(34)75-42-28(20-53)72-47(35(40(42)63)50-25(3)56)76-43-29(21-54)73-48(36(41(43)64)51-26(4)57)77-44-31(23-70-78(66,67)68)71-45(65)33(39(44)62)49-24(2)55/h11-12,18-19,28-31,33-48,53-54,60-65H,6-10,13-17,20-23H2,1-5H3,(H,49,55)(H,50,56)(H,51,57)(H,52,59)(H,66,67,68)/p-1/b12-11-,19-18+/t28?,29?,30?,31?,33?,34?,35?,36?,37-,38+,39?,40?,41+,42+,43-,44+,45?,46-,47+,48-/m0/s1. The second-order valence-corrected chi connectivity index (χ2v) is 20.4. The number of hydrogen-bond acceptors (Lipinski definition) is 25. The molecule has 0 spiro atoms. The first-order valence-electron chi connectivity index (χ1n) is 26.0. The van der Waals surface area contributed by atoms with E-state index in [2.05, 4.69) is 44.5 Å². The average molecular weight is 1140 g/mol. The topological polar surface area (TPSA) is 436 Å². The van der Waals surface area contributed by atoms with Crippen LogP contribution in [-0.4, -0.2) is 232 Å². The second kappa shape index (κ2) is 32.5. The molecule has 4 fully saturated rings. The van der Waals surface area contributed by atoms with E-state index in [1.54, 1.807) is 6.08 Å². The highest BCUT2D eigenvalue weighted by atomic mass is 32.3. The Balaban J connectivity index is 1.56. The molecule has 20 atom stereocenters. The van der Waals surface area contributed by atoms with Crippen LogP contribution in [0.3, 0.4) is 0 Å². The molecule has 4 aliphatic heterocycles. The summed E-state index contributed by atoms with van der Waals surface area (Å²) in [5.74, 6) is -3.95. The zero-order valence-electron chi connectivity index (χ0n) is 44.2. The molecule has 0 aliphatic carbocycles. The molecule has 11 unspecified atom stereocenters. The van der Waals surface area contributed by atoms with Crippen LogP contribution >= 0.6 is 0 Å². The molecule has 4 rings (SSSR count). The van der Waals surface area contributed by atoms with Crippen molar-refractivity contribution in [1.29, 1.82) is 0 Å². The molecule has 4 aliphatic rings. The number of rotatable bonds is 29. The monoisotopic (exact) mass is 1140 g/mol. The van der Waals surface area contributed by atoms with E-state index in [-0.39, 0.29) is 0 Å². The summed E-state index contributed by atoms with van der Waals surface area (Å²) in [5.41, 5.74) is 0. The van der Waals surface area contributed by atoms with Crippen molar-refractivity contribution >= 4 is 40.0 Å². The van der Waals surface area contributed by atoms with Crippen molar-refractivity contribution in [3.63, 3.8) is 0 Å². The number of ether oxygens (including phenoxy) is 8. The third kappa shape index (κ3) is 20.3. The van der Waals surface area contributed by atoms with Gasteiger partial charge in [-0.1, -0.05) is 50.8 Å². The van der Waals surface area contributed by atoms with Crippen molar-refractivity contribution in [2.45, 2.75) is 221 Å². The third-order valence-electron chi connectivity index (χ3n) is 13.1. The summed E-state index contributed by atoms with van der Waals surface area (Å²) in [5, 5.41) is 99.2. The van der Waals surface area contributed by atoms with Gasteiger partial charge in [0, 0.05) is 27.7 Å². The van der Waals surface area contributed by atoms with Gasteiger partial charge in [-0.3, -0.25) is 28.2 Å². The Kier molecular flexibility index (Phi) is 27.8. The van der Waals surface area contributed by atoms with Crippen LogP contribution in [0.25, 0.3) is 0 Å². The van der Waals surface area contributed by atoms with Crippen LogP contribution in [-0.2, 0) is 76.4 Å². The van der Waals surface area contributed by atoms with E-state index in [1.165, 1.54) is 31.8 Å². The molecule has 4 heterocycles. The van der Waals surface area contributed by atoms with Gasteiger partial charge < -0.3 is 105 Å². The first-order chi connectivity index (χ1) is 36.9. The number of carbonyl (C=O) groups excluding carboxylic acids is 5. The molecule has 4 amide bonds. The zero-order chi connectivity index (χ0) is 57.9. The van der Waals surface area contributed by atoms with Gasteiger partial charge in [-0.2, -0.15) is 0 Å². The van der Waals surface area contributed by atoms with Gasteiger partial charge in [-0.15, -0.1) is 0 Å². The molecule has 29 nitrogen and oxygen atoms in total. The number of amides is 4. The fourth-order valence-corrected chi connectivity index (χ4v) is 9.59. The minimum Gasteiger partial charge on any atom is -0.726 e.